The summed E-state index contributed by atoms with van der Waals surface area (Å²) in [6, 6.07) is 4.41. The summed E-state index contributed by atoms with van der Waals surface area (Å²) in [6.07, 6.45) is 4.18. The van der Waals surface area contributed by atoms with Gasteiger partial charge in [-0.05, 0) is 66.1 Å². The molecule has 0 saturated carbocycles. The maximum absolute atomic E-state index is 11.6. The van der Waals surface area contributed by atoms with Gasteiger partial charge in [0.25, 0.3) is 0 Å². The van der Waals surface area contributed by atoms with E-state index >= 15 is 0 Å². The zero-order valence-electron chi connectivity index (χ0n) is 14.4. The maximum Gasteiger partial charge on any atom is 0.407 e. The highest BCUT2D eigenvalue weighted by Crippen LogP contribution is 2.07. The number of furan rings is 1. The minimum Gasteiger partial charge on any atom is -0.469 e. The fourth-order valence-electron chi connectivity index (χ4n) is 2.04. The van der Waals surface area contributed by atoms with Crippen molar-refractivity contribution in [3.63, 3.8) is 0 Å². The van der Waals surface area contributed by atoms with Crippen molar-refractivity contribution in [2.45, 2.75) is 71.6 Å². The van der Waals surface area contributed by atoms with E-state index in [0.29, 0.717) is 6.04 Å². The molecule has 0 aliphatic heterocycles. The van der Waals surface area contributed by atoms with Gasteiger partial charge in [-0.15, -0.1) is 0 Å². The van der Waals surface area contributed by atoms with Crippen molar-refractivity contribution < 1.29 is 13.9 Å². The molecule has 1 aromatic heterocycles. The molecule has 126 valence electrons. The van der Waals surface area contributed by atoms with E-state index in [9.17, 15) is 4.79 Å². The molecule has 1 aromatic rings. The summed E-state index contributed by atoms with van der Waals surface area (Å²) in [7, 11) is 0. The average Bonchev–Trinajstić information content (AvgIpc) is 2.86. The molecule has 5 nitrogen and oxygen atoms in total. The second-order valence-electron chi connectivity index (χ2n) is 6.81. The van der Waals surface area contributed by atoms with Gasteiger partial charge in [0.15, 0.2) is 0 Å². The van der Waals surface area contributed by atoms with Crippen LogP contribution in [0, 0.1) is 0 Å². The van der Waals surface area contributed by atoms with Gasteiger partial charge in [0.05, 0.1) is 6.26 Å². The fourth-order valence-corrected chi connectivity index (χ4v) is 2.04. The van der Waals surface area contributed by atoms with Crippen molar-refractivity contribution in [1.82, 2.24) is 10.6 Å². The van der Waals surface area contributed by atoms with E-state index in [2.05, 4.69) is 17.6 Å². The van der Waals surface area contributed by atoms with Crippen molar-refractivity contribution in [2.24, 2.45) is 0 Å². The first-order valence-electron chi connectivity index (χ1n) is 8.01. The van der Waals surface area contributed by atoms with Crippen LogP contribution in [0.25, 0.3) is 0 Å². The highest BCUT2D eigenvalue weighted by Gasteiger charge is 2.17. The molecule has 0 aliphatic rings. The number of hydrogen-bond donors (Lipinski definition) is 2. The minimum atomic E-state index is -0.456. The Morgan fingerprint density at radius 2 is 2.00 bits per heavy atom. The van der Waals surface area contributed by atoms with E-state index in [-0.39, 0.29) is 12.1 Å². The highest BCUT2D eigenvalue weighted by atomic mass is 16.6. The highest BCUT2D eigenvalue weighted by molar-refractivity contribution is 5.67. The Balaban J connectivity index is 2.11. The molecule has 1 rings (SSSR count). The first kappa shape index (κ1) is 18.6. The number of aryl methyl sites for hydroxylation is 1. The molecule has 2 N–H and O–H groups in total. The van der Waals surface area contributed by atoms with Crippen LogP contribution in [0.4, 0.5) is 4.79 Å². The Hall–Kier alpha value is -1.49. The third-order valence-corrected chi connectivity index (χ3v) is 3.24. The van der Waals surface area contributed by atoms with Crippen LogP contribution in [0.3, 0.4) is 0 Å². The van der Waals surface area contributed by atoms with E-state index < -0.39 is 5.60 Å². The van der Waals surface area contributed by atoms with Gasteiger partial charge < -0.3 is 19.8 Å². The Bertz CT molecular complexity index is 424. The number of rotatable bonds is 8. The lowest BCUT2D eigenvalue weighted by molar-refractivity contribution is 0.0506. The molecule has 22 heavy (non-hydrogen) atoms. The summed E-state index contributed by atoms with van der Waals surface area (Å²) in [4.78, 5) is 11.6. The third kappa shape index (κ3) is 8.72. The number of ether oxygens (including phenoxy) is 1. The lowest BCUT2D eigenvalue weighted by atomic mass is 10.1. The lowest BCUT2D eigenvalue weighted by Crippen LogP contribution is -2.39. The van der Waals surface area contributed by atoms with E-state index in [1.807, 2.05) is 39.8 Å². The zero-order valence-corrected chi connectivity index (χ0v) is 14.4. The van der Waals surface area contributed by atoms with E-state index in [1.165, 1.54) is 0 Å². The molecule has 1 heterocycles. The topological polar surface area (TPSA) is 63.5 Å². The number of amides is 1. The fraction of sp³-hybridized carbons (Fsp3) is 0.706. The summed E-state index contributed by atoms with van der Waals surface area (Å²) in [5.74, 6) is 1.02. The summed E-state index contributed by atoms with van der Waals surface area (Å²) in [5.41, 5.74) is -0.456. The van der Waals surface area contributed by atoms with Crippen molar-refractivity contribution in [3.05, 3.63) is 24.2 Å². The second kappa shape index (κ2) is 8.83. The molecule has 2 unspecified atom stereocenters. The third-order valence-electron chi connectivity index (χ3n) is 3.24. The molecule has 5 heteroatoms. The molecule has 2 atom stereocenters. The van der Waals surface area contributed by atoms with Crippen LogP contribution in [0.1, 0.15) is 53.2 Å². The smallest absolute Gasteiger partial charge is 0.407 e. The first-order valence-corrected chi connectivity index (χ1v) is 8.01. The SMILES string of the molecule is CC(CCc1ccco1)NCCC(C)NC(=O)OC(C)(C)C. The number of hydrogen-bond acceptors (Lipinski definition) is 4. The van der Waals surface area contributed by atoms with Gasteiger partial charge >= 0.3 is 6.09 Å². The van der Waals surface area contributed by atoms with Crippen molar-refractivity contribution >= 4 is 6.09 Å². The minimum absolute atomic E-state index is 0.0830. The number of carbonyl (C=O) groups is 1. The van der Waals surface area contributed by atoms with Crippen LogP contribution >= 0.6 is 0 Å². The van der Waals surface area contributed by atoms with Crippen LogP contribution in [0.5, 0.6) is 0 Å². The summed E-state index contributed by atoms with van der Waals surface area (Å²) >= 11 is 0. The second-order valence-corrected chi connectivity index (χ2v) is 6.81. The van der Waals surface area contributed by atoms with Crippen LogP contribution in [-0.2, 0) is 11.2 Å². The van der Waals surface area contributed by atoms with E-state index in [4.69, 9.17) is 9.15 Å². The Labute approximate surface area is 133 Å². The van der Waals surface area contributed by atoms with Crippen LogP contribution < -0.4 is 10.6 Å². The van der Waals surface area contributed by atoms with E-state index in [0.717, 1.165) is 31.6 Å². The van der Waals surface area contributed by atoms with Gasteiger partial charge in [0, 0.05) is 18.5 Å². The van der Waals surface area contributed by atoms with E-state index in [1.54, 1.807) is 6.26 Å². The van der Waals surface area contributed by atoms with Gasteiger partial charge in [-0.25, -0.2) is 4.79 Å². The van der Waals surface area contributed by atoms with Gasteiger partial charge in [0.1, 0.15) is 11.4 Å². The number of nitrogens with one attached hydrogen (secondary N) is 2. The largest absolute Gasteiger partial charge is 0.469 e. The quantitative estimate of drug-likeness (QED) is 0.771. The zero-order chi connectivity index (χ0) is 16.6. The normalized spacial score (nSPS) is 14.4. The molecular weight excluding hydrogens is 280 g/mol. The van der Waals surface area contributed by atoms with Gasteiger partial charge in [-0.1, -0.05) is 0 Å². The monoisotopic (exact) mass is 310 g/mol. The molecule has 0 saturated heterocycles. The van der Waals surface area contributed by atoms with Crippen molar-refractivity contribution in [1.29, 1.82) is 0 Å². The number of alkyl carbamates (subject to hydrolysis) is 1. The molecule has 0 bridgehead atoms. The standard InChI is InChI=1S/C17H30N2O3/c1-13(8-9-15-7-6-12-21-15)18-11-10-14(2)19-16(20)22-17(3,4)5/h6-7,12-14,18H,8-11H2,1-5H3,(H,19,20). The summed E-state index contributed by atoms with van der Waals surface area (Å²) in [6.45, 7) is 10.6. The molecule has 0 aliphatic carbocycles. The molecule has 0 fully saturated rings. The van der Waals surface area contributed by atoms with Gasteiger partial charge in [0.2, 0.25) is 0 Å². The Morgan fingerprint density at radius 1 is 1.27 bits per heavy atom. The molecule has 0 aromatic carbocycles. The summed E-state index contributed by atoms with van der Waals surface area (Å²) < 4.78 is 10.6. The maximum atomic E-state index is 11.6. The lowest BCUT2D eigenvalue weighted by Gasteiger charge is -2.22. The van der Waals surface area contributed by atoms with Crippen LogP contribution in [-0.4, -0.2) is 30.3 Å². The number of carbonyl (C=O) groups excluding carboxylic acids is 1. The predicted molar refractivity (Wildman–Crippen MR) is 87.9 cm³/mol. The predicted octanol–water partition coefficient (Wildman–Crippen LogP) is 3.49. The first-order chi connectivity index (χ1) is 10.3. The summed E-state index contributed by atoms with van der Waals surface area (Å²) in [5, 5.41) is 6.31. The Morgan fingerprint density at radius 3 is 2.59 bits per heavy atom. The van der Waals surface area contributed by atoms with Crippen LogP contribution in [0.15, 0.2) is 22.8 Å². The Kier molecular flexibility index (Phi) is 7.45. The van der Waals surface area contributed by atoms with Gasteiger partial charge in [-0.3, -0.25) is 0 Å². The molecule has 1 amide bonds. The molecule has 0 spiro atoms. The van der Waals surface area contributed by atoms with Crippen molar-refractivity contribution in [3.8, 4) is 0 Å². The van der Waals surface area contributed by atoms with Crippen LogP contribution in [0.2, 0.25) is 0 Å². The van der Waals surface area contributed by atoms with Gasteiger partial charge in [-0.2, -0.15) is 0 Å². The molecular formula is C17H30N2O3. The average molecular weight is 310 g/mol. The molecule has 0 radical (unpaired) electrons. The van der Waals surface area contributed by atoms with Crippen molar-refractivity contribution in [2.75, 3.05) is 6.54 Å².